The summed E-state index contributed by atoms with van der Waals surface area (Å²) >= 11 is 4.65. The van der Waals surface area contributed by atoms with Gasteiger partial charge in [-0.05, 0) is 19.3 Å². The van der Waals surface area contributed by atoms with Gasteiger partial charge in [0.1, 0.15) is 5.79 Å². The molecule has 0 N–H and O–H groups in total. The Labute approximate surface area is 95.0 Å². The van der Waals surface area contributed by atoms with Crippen LogP contribution in [0.1, 0.15) is 19.3 Å². The molecule has 0 bridgehead atoms. The first-order valence-electron chi connectivity index (χ1n) is 5.31. The van der Waals surface area contributed by atoms with E-state index in [4.69, 9.17) is 0 Å². The molecule has 1 atom stereocenters. The van der Waals surface area contributed by atoms with Crippen molar-refractivity contribution in [1.29, 1.82) is 0 Å². The molecule has 0 aliphatic carbocycles. The minimum Gasteiger partial charge on any atom is -0.270 e. The van der Waals surface area contributed by atoms with Crippen molar-refractivity contribution in [2.45, 2.75) is 25.0 Å². The van der Waals surface area contributed by atoms with Gasteiger partial charge in [0, 0.05) is 32.7 Å². The van der Waals surface area contributed by atoms with E-state index in [9.17, 15) is 0 Å². The normalized spacial score (nSPS) is 32.4. The first-order chi connectivity index (χ1) is 6.34. The molecule has 5 heteroatoms. The smallest absolute Gasteiger partial charge is 0.140 e. The Balaban J connectivity index is 0.000000750. The summed E-state index contributed by atoms with van der Waals surface area (Å²) in [6.45, 7) is 6.23. The Morgan fingerprint density at radius 2 is 1.43 bits per heavy atom. The van der Waals surface area contributed by atoms with Gasteiger partial charge in [-0.15, -0.1) is 0 Å². The first kappa shape index (κ1) is 11.2. The molecule has 0 aromatic rings. The summed E-state index contributed by atoms with van der Waals surface area (Å²) in [6.07, 6.45) is 3.97. The van der Waals surface area contributed by atoms with Crippen LogP contribution in [0, 0.1) is 0 Å². The van der Waals surface area contributed by atoms with E-state index < -0.39 is 0 Å². The Kier molecular flexibility index (Phi) is 3.12. The lowest BCUT2D eigenvalue weighted by molar-refractivity contribution is -0.0422. The van der Waals surface area contributed by atoms with Gasteiger partial charge >= 0.3 is 0 Å². The third-order valence-electron chi connectivity index (χ3n) is 3.45. The highest BCUT2D eigenvalue weighted by molar-refractivity contribution is 7.77. The van der Waals surface area contributed by atoms with E-state index in [0.717, 1.165) is 6.54 Å². The largest absolute Gasteiger partial charge is 0.270 e. The monoisotopic (exact) mass is 233 g/mol. The van der Waals surface area contributed by atoms with Crippen molar-refractivity contribution >= 4 is 22.7 Å². The molecule has 1 unspecified atom stereocenters. The van der Waals surface area contributed by atoms with Crippen LogP contribution in [-0.4, -0.2) is 52.6 Å². The standard InChI is InChI=1S/C9H17N3S.H3P/c13-12-4-2-1-3-9(12,10-5-6-10)11-7-8-11;/h13H,1-8H2;1H3. The maximum atomic E-state index is 4.65. The average Bonchev–Trinajstić information content (AvgIpc) is 3.01. The first-order valence-corrected chi connectivity index (χ1v) is 5.71. The number of hydrogen-bond acceptors (Lipinski definition) is 4. The molecule has 0 aromatic heterocycles. The van der Waals surface area contributed by atoms with Gasteiger partial charge in [0.25, 0.3) is 0 Å². The Hall–Kier alpha value is 0.660. The highest BCUT2D eigenvalue weighted by Crippen LogP contribution is 2.42. The highest BCUT2D eigenvalue weighted by Gasteiger charge is 2.54. The fourth-order valence-corrected chi connectivity index (χ4v) is 3.09. The lowest BCUT2D eigenvalue weighted by Crippen LogP contribution is -2.58. The van der Waals surface area contributed by atoms with Crippen LogP contribution in [-0.2, 0) is 0 Å². The van der Waals surface area contributed by atoms with Crippen LogP contribution in [0.25, 0.3) is 0 Å². The molecule has 0 spiro atoms. The van der Waals surface area contributed by atoms with E-state index in [2.05, 4.69) is 26.9 Å². The Bertz CT molecular complexity index is 206. The van der Waals surface area contributed by atoms with Crippen LogP contribution in [0.3, 0.4) is 0 Å². The zero-order chi connectivity index (χ0) is 8.89. The molecule has 3 aliphatic heterocycles. The van der Waals surface area contributed by atoms with E-state index >= 15 is 0 Å². The van der Waals surface area contributed by atoms with Gasteiger partial charge < -0.3 is 0 Å². The molecule has 0 radical (unpaired) electrons. The van der Waals surface area contributed by atoms with E-state index in [0.29, 0.717) is 0 Å². The van der Waals surface area contributed by atoms with Crippen LogP contribution >= 0.6 is 22.7 Å². The predicted octanol–water partition coefficient (Wildman–Crippen LogP) is 0.660. The third-order valence-corrected chi connectivity index (χ3v) is 3.97. The quantitative estimate of drug-likeness (QED) is 0.426. The van der Waals surface area contributed by atoms with Gasteiger partial charge in [-0.1, -0.05) is 12.8 Å². The summed E-state index contributed by atoms with van der Waals surface area (Å²) in [5.74, 6) is 0.224. The fourth-order valence-electron chi connectivity index (χ4n) is 2.59. The van der Waals surface area contributed by atoms with Crippen molar-refractivity contribution in [3.05, 3.63) is 0 Å². The summed E-state index contributed by atoms with van der Waals surface area (Å²) in [7, 11) is 0. The van der Waals surface area contributed by atoms with Gasteiger partial charge in [0.15, 0.2) is 0 Å². The zero-order valence-electron chi connectivity index (χ0n) is 8.65. The summed E-state index contributed by atoms with van der Waals surface area (Å²) < 4.78 is 2.27. The molecule has 3 fully saturated rings. The van der Waals surface area contributed by atoms with E-state index in [1.807, 2.05) is 0 Å². The van der Waals surface area contributed by atoms with Crippen molar-refractivity contribution < 1.29 is 0 Å². The molecule has 3 nitrogen and oxygen atoms in total. The maximum Gasteiger partial charge on any atom is 0.140 e. The van der Waals surface area contributed by atoms with Crippen LogP contribution in [0.5, 0.6) is 0 Å². The van der Waals surface area contributed by atoms with Crippen molar-refractivity contribution in [3.63, 3.8) is 0 Å². The number of thiol groups is 1. The van der Waals surface area contributed by atoms with Crippen LogP contribution in [0.2, 0.25) is 0 Å². The minimum absolute atomic E-state index is 0. The number of nitrogens with zero attached hydrogens (tertiary/aromatic N) is 3. The van der Waals surface area contributed by atoms with Crippen molar-refractivity contribution in [3.8, 4) is 0 Å². The SMILES string of the molecule is P.SN1CCCCC1(N1CC1)N1CC1. The second kappa shape index (κ2) is 3.91. The van der Waals surface area contributed by atoms with Gasteiger partial charge in [-0.3, -0.25) is 9.80 Å². The molecule has 82 valence electrons. The molecule has 3 heterocycles. The summed E-state index contributed by atoms with van der Waals surface area (Å²) in [4.78, 5) is 5.12. The zero-order valence-corrected chi connectivity index (χ0v) is 11.0. The number of piperidine rings is 1. The number of hydrogen-bond donors (Lipinski definition) is 1. The van der Waals surface area contributed by atoms with Crippen molar-refractivity contribution in [2.24, 2.45) is 0 Å². The minimum atomic E-state index is 0. The molecule has 3 saturated heterocycles. The van der Waals surface area contributed by atoms with Crippen LogP contribution in [0.4, 0.5) is 0 Å². The molecule has 0 saturated carbocycles. The Morgan fingerprint density at radius 1 is 0.857 bits per heavy atom. The molecule has 3 rings (SSSR count). The van der Waals surface area contributed by atoms with Gasteiger partial charge in [-0.2, -0.15) is 9.90 Å². The van der Waals surface area contributed by atoms with Gasteiger partial charge in [0.05, 0.1) is 0 Å². The van der Waals surface area contributed by atoms with Gasteiger partial charge in [0.2, 0.25) is 0 Å². The van der Waals surface area contributed by atoms with Crippen LogP contribution in [0.15, 0.2) is 0 Å². The third kappa shape index (κ3) is 1.61. The summed E-state index contributed by atoms with van der Waals surface area (Å²) in [5.41, 5.74) is 0. The highest BCUT2D eigenvalue weighted by atomic mass is 32.1. The fraction of sp³-hybridized carbons (Fsp3) is 1.00. The molecule has 3 aliphatic rings. The topological polar surface area (TPSA) is 9.26 Å². The molecule has 0 amide bonds. The molecule has 14 heavy (non-hydrogen) atoms. The molecular formula is C9H20N3PS. The Morgan fingerprint density at radius 3 is 1.86 bits per heavy atom. The molecular weight excluding hydrogens is 213 g/mol. The summed E-state index contributed by atoms with van der Waals surface area (Å²) in [5, 5.41) is 0. The van der Waals surface area contributed by atoms with Gasteiger partial charge in [-0.25, -0.2) is 4.31 Å². The average molecular weight is 233 g/mol. The van der Waals surface area contributed by atoms with Crippen molar-refractivity contribution in [1.82, 2.24) is 14.1 Å². The molecule has 0 aromatic carbocycles. The second-order valence-corrected chi connectivity index (χ2v) is 4.81. The number of rotatable bonds is 2. The van der Waals surface area contributed by atoms with Crippen LogP contribution < -0.4 is 0 Å². The van der Waals surface area contributed by atoms with E-state index in [1.54, 1.807) is 0 Å². The summed E-state index contributed by atoms with van der Waals surface area (Å²) in [6, 6.07) is 0. The lowest BCUT2D eigenvalue weighted by Gasteiger charge is -2.46. The predicted molar refractivity (Wildman–Crippen MR) is 66.5 cm³/mol. The second-order valence-electron chi connectivity index (χ2n) is 4.33. The van der Waals surface area contributed by atoms with E-state index in [1.165, 1.54) is 45.4 Å². The van der Waals surface area contributed by atoms with Crippen molar-refractivity contribution in [2.75, 3.05) is 32.7 Å². The maximum absolute atomic E-state index is 4.65. The van der Waals surface area contributed by atoms with E-state index in [-0.39, 0.29) is 15.7 Å². The lowest BCUT2D eigenvalue weighted by atomic mass is 10.1.